The maximum absolute atomic E-state index is 13.1. The van der Waals surface area contributed by atoms with Crippen LogP contribution in [-0.4, -0.2) is 10.5 Å². The van der Waals surface area contributed by atoms with Crippen molar-refractivity contribution in [2.45, 2.75) is 38.8 Å². The van der Waals surface area contributed by atoms with Crippen LogP contribution in [0.4, 0.5) is 0 Å². The van der Waals surface area contributed by atoms with Crippen LogP contribution in [-0.2, 0) is 11.3 Å². The third-order valence-electron chi connectivity index (χ3n) is 5.87. The first kappa shape index (κ1) is 21.2. The number of hydrogen-bond acceptors (Lipinski definition) is 1. The zero-order chi connectivity index (χ0) is 21.8. The van der Waals surface area contributed by atoms with Crippen LogP contribution in [0.2, 0.25) is 5.02 Å². The summed E-state index contributed by atoms with van der Waals surface area (Å²) < 4.78 is 2.25. The summed E-state index contributed by atoms with van der Waals surface area (Å²) in [4.78, 5) is 13.1. The Balaban J connectivity index is 1.68. The van der Waals surface area contributed by atoms with Crippen molar-refractivity contribution >= 4 is 28.4 Å². The van der Waals surface area contributed by atoms with Crippen LogP contribution in [0.3, 0.4) is 0 Å². The summed E-state index contributed by atoms with van der Waals surface area (Å²) in [5.74, 6) is -0.0254. The Kier molecular flexibility index (Phi) is 6.43. The summed E-state index contributed by atoms with van der Waals surface area (Å²) in [7, 11) is 0. The monoisotopic (exact) mass is 430 g/mol. The fourth-order valence-corrected chi connectivity index (χ4v) is 4.35. The van der Waals surface area contributed by atoms with E-state index in [0.717, 1.165) is 17.7 Å². The molecule has 1 aromatic heterocycles. The Labute approximate surface area is 188 Å². The smallest absolute Gasteiger partial charge is 0.221 e. The highest BCUT2D eigenvalue weighted by molar-refractivity contribution is 6.30. The van der Waals surface area contributed by atoms with Crippen LogP contribution in [0.15, 0.2) is 85.1 Å². The number of para-hydroxylation sites is 1. The molecule has 0 unspecified atom stereocenters. The number of carbonyl (C=O) groups excluding carboxylic acids is 1. The van der Waals surface area contributed by atoms with Gasteiger partial charge in [-0.1, -0.05) is 72.3 Å². The molecule has 1 amide bonds. The van der Waals surface area contributed by atoms with Gasteiger partial charge in [-0.2, -0.15) is 0 Å². The molecule has 1 N–H and O–H groups in total. The molecule has 4 aromatic rings. The Bertz CT molecular complexity index is 1170. The standard InChI is InChI=1S/C27H27ClN2O/c1-3-30-18-25(23-11-7-8-12-26(23)30)24(21-13-15-22(28)16-14-21)17-27(31)29-19(2)20-9-5-4-6-10-20/h4-16,18-19,24H,3,17H2,1-2H3,(H,29,31)/t19-,24+/m0/s1. The van der Waals surface area contributed by atoms with Crippen molar-refractivity contribution in [3.05, 3.63) is 107 Å². The van der Waals surface area contributed by atoms with Crippen molar-refractivity contribution in [3.8, 4) is 0 Å². The number of aromatic nitrogens is 1. The van der Waals surface area contributed by atoms with Gasteiger partial charge in [-0.25, -0.2) is 0 Å². The molecule has 0 bridgehead atoms. The third-order valence-corrected chi connectivity index (χ3v) is 6.13. The van der Waals surface area contributed by atoms with Gasteiger partial charge in [0, 0.05) is 41.0 Å². The number of carbonyl (C=O) groups is 1. The van der Waals surface area contributed by atoms with E-state index in [1.54, 1.807) is 0 Å². The van der Waals surface area contributed by atoms with Crippen LogP contribution >= 0.6 is 11.6 Å². The van der Waals surface area contributed by atoms with Crippen LogP contribution in [0, 0.1) is 0 Å². The molecule has 3 aromatic carbocycles. The second kappa shape index (κ2) is 9.40. The van der Waals surface area contributed by atoms with Gasteiger partial charge >= 0.3 is 0 Å². The molecule has 1 heterocycles. The molecule has 0 aliphatic carbocycles. The summed E-state index contributed by atoms with van der Waals surface area (Å²) in [6, 6.07) is 26.2. The zero-order valence-corrected chi connectivity index (χ0v) is 18.6. The predicted octanol–water partition coefficient (Wildman–Crippen LogP) is 6.71. The maximum atomic E-state index is 13.1. The molecule has 2 atom stereocenters. The first-order valence-electron chi connectivity index (χ1n) is 10.7. The Morgan fingerprint density at radius 1 is 0.935 bits per heavy atom. The zero-order valence-electron chi connectivity index (χ0n) is 17.9. The quantitative estimate of drug-likeness (QED) is 0.347. The molecular weight excluding hydrogens is 404 g/mol. The topological polar surface area (TPSA) is 34.0 Å². The molecule has 0 radical (unpaired) electrons. The molecule has 4 heteroatoms. The molecule has 3 nitrogen and oxygen atoms in total. The van der Waals surface area contributed by atoms with Crippen molar-refractivity contribution in [1.29, 1.82) is 0 Å². The van der Waals surface area contributed by atoms with E-state index in [-0.39, 0.29) is 17.9 Å². The van der Waals surface area contributed by atoms with E-state index in [4.69, 9.17) is 11.6 Å². The predicted molar refractivity (Wildman–Crippen MR) is 129 cm³/mol. The highest BCUT2D eigenvalue weighted by atomic mass is 35.5. The number of nitrogens with zero attached hydrogens (tertiary/aromatic N) is 1. The summed E-state index contributed by atoms with van der Waals surface area (Å²) in [6.07, 6.45) is 2.56. The van der Waals surface area contributed by atoms with Gasteiger partial charge in [-0.3, -0.25) is 4.79 Å². The molecule has 0 aliphatic heterocycles. The van der Waals surface area contributed by atoms with Gasteiger partial charge in [-0.05, 0) is 48.7 Å². The summed E-state index contributed by atoms with van der Waals surface area (Å²) in [5, 5.41) is 5.06. The van der Waals surface area contributed by atoms with Gasteiger partial charge in [-0.15, -0.1) is 0 Å². The molecule has 0 saturated heterocycles. The Morgan fingerprint density at radius 2 is 1.61 bits per heavy atom. The molecule has 31 heavy (non-hydrogen) atoms. The van der Waals surface area contributed by atoms with Crippen molar-refractivity contribution < 1.29 is 4.79 Å². The number of fused-ring (bicyclic) bond motifs is 1. The van der Waals surface area contributed by atoms with Crippen molar-refractivity contribution in [2.24, 2.45) is 0 Å². The molecular formula is C27H27ClN2O. The summed E-state index contributed by atoms with van der Waals surface area (Å²) in [5.41, 5.74) is 4.55. The summed E-state index contributed by atoms with van der Waals surface area (Å²) in [6.45, 7) is 5.04. The van der Waals surface area contributed by atoms with Crippen LogP contribution in [0.5, 0.6) is 0 Å². The van der Waals surface area contributed by atoms with E-state index in [2.05, 4.69) is 47.3 Å². The number of amides is 1. The SMILES string of the molecule is CCn1cc([C@H](CC(=O)N[C@@H](C)c2ccccc2)c2ccc(Cl)cc2)c2ccccc21. The summed E-state index contributed by atoms with van der Waals surface area (Å²) >= 11 is 6.14. The van der Waals surface area contributed by atoms with E-state index in [9.17, 15) is 4.79 Å². The lowest BCUT2D eigenvalue weighted by Gasteiger charge is -2.20. The highest BCUT2D eigenvalue weighted by Crippen LogP contribution is 2.35. The third kappa shape index (κ3) is 4.67. The number of benzene rings is 3. The minimum atomic E-state index is -0.0575. The van der Waals surface area contributed by atoms with Gasteiger partial charge in [0.25, 0.3) is 0 Å². The van der Waals surface area contributed by atoms with E-state index >= 15 is 0 Å². The lowest BCUT2D eigenvalue weighted by atomic mass is 9.88. The van der Waals surface area contributed by atoms with Crippen LogP contribution in [0.25, 0.3) is 10.9 Å². The Morgan fingerprint density at radius 3 is 2.32 bits per heavy atom. The van der Waals surface area contributed by atoms with Crippen LogP contribution < -0.4 is 5.32 Å². The molecule has 0 spiro atoms. The molecule has 0 saturated carbocycles. The van der Waals surface area contributed by atoms with Crippen LogP contribution in [0.1, 0.15) is 48.9 Å². The minimum absolute atomic E-state index is 0.0321. The van der Waals surface area contributed by atoms with E-state index < -0.39 is 0 Å². The highest BCUT2D eigenvalue weighted by Gasteiger charge is 2.23. The largest absolute Gasteiger partial charge is 0.350 e. The van der Waals surface area contributed by atoms with E-state index in [1.807, 2.05) is 61.5 Å². The minimum Gasteiger partial charge on any atom is -0.350 e. The fraction of sp³-hybridized carbons (Fsp3) is 0.222. The lowest BCUT2D eigenvalue weighted by molar-refractivity contribution is -0.121. The number of halogens is 1. The van der Waals surface area contributed by atoms with Crippen molar-refractivity contribution in [1.82, 2.24) is 9.88 Å². The second-order valence-corrected chi connectivity index (χ2v) is 8.33. The van der Waals surface area contributed by atoms with Gasteiger partial charge in [0.05, 0.1) is 6.04 Å². The normalized spacial score (nSPS) is 13.1. The average Bonchev–Trinajstić information content (AvgIpc) is 3.17. The molecule has 4 rings (SSSR count). The number of nitrogens with one attached hydrogen (secondary N) is 1. The fourth-order valence-electron chi connectivity index (χ4n) is 4.23. The molecule has 0 aliphatic rings. The van der Waals surface area contributed by atoms with E-state index in [1.165, 1.54) is 16.5 Å². The first-order chi connectivity index (χ1) is 15.1. The van der Waals surface area contributed by atoms with Crippen molar-refractivity contribution in [3.63, 3.8) is 0 Å². The number of aryl methyl sites for hydroxylation is 1. The van der Waals surface area contributed by atoms with E-state index in [0.29, 0.717) is 11.4 Å². The second-order valence-electron chi connectivity index (χ2n) is 7.90. The lowest BCUT2D eigenvalue weighted by Crippen LogP contribution is -2.28. The van der Waals surface area contributed by atoms with Gasteiger partial charge in [0.15, 0.2) is 0 Å². The Hall–Kier alpha value is -3.04. The van der Waals surface area contributed by atoms with Crippen molar-refractivity contribution in [2.75, 3.05) is 0 Å². The average molecular weight is 431 g/mol. The van der Waals surface area contributed by atoms with Gasteiger partial charge < -0.3 is 9.88 Å². The maximum Gasteiger partial charge on any atom is 0.221 e. The van der Waals surface area contributed by atoms with Gasteiger partial charge in [0.2, 0.25) is 5.91 Å². The van der Waals surface area contributed by atoms with Gasteiger partial charge in [0.1, 0.15) is 0 Å². The number of hydrogen-bond donors (Lipinski definition) is 1. The first-order valence-corrected chi connectivity index (χ1v) is 11.1. The number of rotatable bonds is 7. The molecule has 158 valence electrons. The molecule has 0 fully saturated rings.